The number of rotatable bonds is 5. The number of halogens is 1. The summed E-state index contributed by atoms with van der Waals surface area (Å²) in [6, 6.07) is 11.4. The van der Waals surface area contributed by atoms with Crippen LogP contribution in [0.3, 0.4) is 0 Å². The number of hydrogen-bond acceptors (Lipinski definition) is 3. The summed E-state index contributed by atoms with van der Waals surface area (Å²) in [6.07, 6.45) is 0.620. The van der Waals surface area contributed by atoms with Gasteiger partial charge in [-0.05, 0) is 46.5 Å². The fraction of sp³-hybridized carbons (Fsp3) is 0.267. The minimum absolute atomic E-state index is 0.0772. The summed E-state index contributed by atoms with van der Waals surface area (Å²) in [5.41, 5.74) is 2.14. The van der Waals surface area contributed by atoms with Crippen LogP contribution in [0.4, 0.5) is 0 Å². The summed E-state index contributed by atoms with van der Waals surface area (Å²) in [5, 5.41) is 12.3. The van der Waals surface area contributed by atoms with Gasteiger partial charge in [0.2, 0.25) is 0 Å². The fourth-order valence-electron chi connectivity index (χ4n) is 1.89. The molecule has 0 aliphatic rings. The Hall–Kier alpha value is -1.17. The maximum atomic E-state index is 12.1. The van der Waals surface area contributed by atoms with Crippen molar-refractivity contribution in [2.75, 3.05) is 6.61 Å². The van der Waals surface area contributed by atoms with Gasteiger partial charge in [-0.1, -0.05) is 30.3 Å². The average molecular weight is 354 g/mol. The van der Waals surface area contributed by atoms with E-state index in [1.165, 1.54) is 11.3 Å². The first kappa shape index (κ1) is 15.2. The van der Waals surface area contributed by atoms with Crippen molar-refractivity contribution < 1.29 is 9.90 Å². The topological polar surface area (TPSA) is 49.3 Å². The predicted octanol–water partition coefficient (Wildman–Crippen LogP) is 3.15. The number of amides is 1. The fourth-order valence-corrected chi connectivity index (χ4v) is 3.33. The van der Waals surface area contributed by atoms with Crippen LogP contribution in [-0.4, -0.2) is 23.7 Å². The van der Waals surface area contributed by atoms with E-state index in [1.54, 1.807) is 0 Å². The van der Waals surface area contributed by atoms with E-state index in [-0.39, 0.29) is 18.6 Å². The molecule has 0 bridgehead atoms. The van der Waals surface area contributed by atoms with Crippen LogP contribution in [0.5, 0.6) is 0 Å². The van der Waals surface area contributed by atoms with Gasteiger partial charge in [-0.2, -0.15) is 0 Å². The highest BCUT2D eigenvalue weighted by atomic mass is 79.9. The normalized spacial score (nSPS) is 12.2. The van der Waals surface area contributed by atoms with E-state index in [1.807, 2.05) is 43.3 Å². The van der Waals surface area contributed by atoms with Gasteiger partial charge in [0.1, 0.15) is 0 Å². The largest absolute Gasteiger partial charge is 0.394 e. The number of nitrogens with one attached hydrogen (secondary N) is 1. The summed E-state index contributed by atoms with van der Waals surface area (Å²) >= 11 is 4.81. The number of hydrogen-bond donors (Lipinski definition) is 2. The van der Waals surface area contributed by atoms with Gasteiger partial charge in [-0.15, -0.1) is 11.3 Å². The third-order valence-electron chi connectivity index (χ3n) is 2.96. The van der Waals surface area contributed by atoms with E-state index in [0.29, 0.717) is 11.3 Å². The lowest BCUT2D eigenvalue weighted by Gasteiger charge is -2.15. The van der Waals surface area contributed by atoms with Crippen LogP contribution in [0.25, 0.3) is 0 Å². The van der Waals surface area contributed by atoms with E-state index in [4.69, 9.17) is 0 Å². The van der Waals surface area contributed by atoms with Crippen molar-refractivity contribution >= 4 is 33.2 Å². The predicted molar refractivity (Wildman–Crippen MR) is 85.2 cm³/mol. The molecule has 0 radical (unpaired) electrons. The molecule has 0 saturated heterocycles. The van der Waals surface area contributed by atoms with E-state index in [0.717, 1.165) is 14.9 Å². The van der Waals surface area contributed by atoms with Crippen molar-refractivity contribution in [3.8, 4) is 0 Å². The molecule has 0 saturated carbocycles. The van der Waals surface area contributed by atoms with Gasteiger partial charge < -0.3 is 10.4 Å². The zero-order valence-corrected chi connectivity index (χ0v) is 13.5. The van der Waals surface area contributed by atoms with Gasteiger partial charge in [-0.3, -0.25) is 4.79 Å². The second kappa shape index (κ2) is 7.02. The molecular weight excluding hydrogens is 338 g/mol. The van der Waals surface area contributed by atoms with Gasteiger partial charge >= 0.3 is 0 Å². The molecule has 1 aromatic heterocycles. The smallest absolute Gasteiger partial charge is 0.261 e. The molecule has 1 aromatic carbocycles. The highest BCUT2D eigenvalue weighted by Gasteiger charge is 2.16. The Labute approximate surface area is 130 Å². The molecule has 5 heteroatoms. The number of carbonyl (C=O) groups is 1. The van der Waals surface area contributed by atoms with Gasteiger partial charge in [0.15, 0.2) is 0 Å². The Morgan fingerprint density at radius 2 is 2.10 bits per heavy atom. The Kier molecular flexibility index (Phi) is 5.34. The average Bonchev–Trinajstić information content (AvgIpc) is 2.79. The highest BCUT2D eigenvalue weighted by Crippen LogP contribution is 2.27. The second-order valence-corrected chi connectivity index (χ2v) is 6.98. The van der Waals surface area contributed by atoms with Gasteiger partial charge in [0, 0.05) is 0 Å². The van der Waals surface area contributed by atoms with Crippen molar-refractivity contribution in [1.29, 1.82) is 0 Å². The Balaban J connectivity index is 2.01. The van der Waals surface area contributed by atoms with Crippen LogP contribution in [-0.2, 0) is 6.42 Å². The molecule has 2 N–H and O–H groups in total. The van der Waals surface area contributed by atoms with Crippen LogP contribution < -0.4 is 5.32 Å². The number of aryl methyl sites for hydroxylation is 1. The first-order valence-electron chi connectivity index (χ1n) is 6.31. The van der Waals surface area contributed by atoms with E-state index in [9.17, 15) is 9.90 Å². The third kappa shape index (κ3) is 3.91. The maximum Gasteiger partial charge on any atom is 0.261 e. The van der Waals surface area contributed by atoms with E-state index >= 15 is 0 Å². The first-order valence-corrected chi connectivity index (χ1v) is 7.92. The standard InChI is InChI=1S/C15H16BrNO2S/c1-10-7-13(20-14(10)16)15(19)17-12(9-18)8-11-5-3-2-4-6-11/h2-7,12,18H,8-9H2,1H3,(H,17,19)/t12-/m1/s1. The van der Waals surface area contributed by atoms with Gasteiger partial charge in [0.25, 0.3) is 5.91 Å². The molecule has 2 aromatic rings. The lowest BCUT2D eigenvalue weighted by Crippen LogP contribution is -2.38. The van der Waals surface area contributed by atoms with E-state index in [2.05, 4.69) is 21.2 Å². The Bertz CT molecular complexity index is 563. The first-order chi connectivity index (χ1) is 9.60. The zero-order valence-electron chi connectivity index (χ0n) is 11.1. The minimum atomic E-state index is -0.272. The third-order valence-corrected chi connectivity index (χ3v) is 5.10. The van der Waals surface area contributed by atoms with Gasteiger partial charge in [0.05, 0.1) is 21.3 Å². The summed E-state index contributed by atoms with van der Waals surface area (Å²) in [7, 11) is 0. The molecule has 0 aliphatic heterocycles. The molecule has 1 amide bonds. The Morgan fingerprint density at radius 1 is 1.40 bits per heavy atom. The maximum absolute atomic E-state index is 12.1. The van der Waals surface area contributed by atoms with Crippen molar-refractivity contribution in [3.63, 3.8) is 0 Å². The number of aliphatic hydroxyl groups is 1. The zero-order chi connectivity index (χ0) is 14.5. The van der Waals surface area contributed by atoms with Crippen LogP contribution in [0.15, 0.2) is 40.2 Å². The minimum Gasteiger partial charge on any atom is -0.394 e. The van der Waals surface area contributed by atoms with E-state index < -0.39 is 0 Å². The van der Waals surface area contributed by atoms with Crippen LogP contribution >= 0.6 is 27.3 Å². The summed E-state index contributed by atoms with van der Waals surface area (Å²) in [6.45, 7) is 1.87. The SMILES string of the molecule is Cc1cc(C(=O)N[C@@H](CO)Cc2ccccc2)sc1Br. The molecule has 2 rings (SSSR count). The number of thiophene rings is 1. The van der Waals surface area contributed by atoms with Crippen LogP contribution in [0, 0.1) is 6.92 Å². The molecule has 0 unspecified atom stereocenters. The van der Waals surface area contributed by atoms with Gasteiger partial charge in [-0.25, -0.2) is 0 Å². The number of aliphatic hydroxyl groups excluding tert-OH is 1. The van der Waals surface area contributed by atoms with Crippen molar-refractivity contribution in [1.82, 2.24) is 5.32 Å². The molecule has 1 atom stereocenters. The summed E-state index contributed by atoms with van der Waals surface area (Å²) in [4.78, 5) is 12.8. The Morgan fingerprint density at radius 3 is 2.65 bits per heavy atom. The molecule has 0 fully saturated rings. The van der Waals surface area contributed by atoms with Crippen molar-refractivity contribution in [2.45, 2.75) is 19.4 Å². The molecule has 0 spiro atoms. The monoisotopic (exact) mass is 353 g/mol. The summed E-state index contributed by atoms with van der Waals surface area (Å²) in [5.74, 6) is -0.140. The van der Waals surface area contributed by atoms with Crippen molar-refractivity contribution in [2.24, 2.45) is 0 Å². The van der Waals surface area contributed by atoms with Crippen LogP contribution in [0.2, 0.25) is 0 Å². The molecule has 3 nitrogen and oxygen atoms in total. The molecule has 1 heterocycles. The molecular formula is C15H16BrNO2S. The molecule has 0 aliphatic carbocycles. The molecule has 106 valence electrons. The lowest BCUT2D eigenvalue weighted by molar-refractivity contribution is 0.0920. The molecule has 20 heavy (non-hydrogen) atoms. The highest BCUT2D eigenvalue weighted by molar-refractivity contribution is 9.11. The van der Waals surface area contributed by atoms with Crippen LogP contribution in [0.1, 0.15) is 20.8 Å². The number of benzene rings is 1. The van der Waals surface area contributed by atoms with Crippen molar-refractivity contribution in [3.05, 3.63) is 56.2 Å². The number of carbonyl (C=O) groups excluding carboxylic acids is 1. The summed E-state index contributed by atoms with van der Waals surface area (Å²) < 4.78 is 0.964. The quantitative estimate of drug-likeness (QED) is 0.867. The lowest BCUT2D eigenvalue weighted by atomic mass is 10.1. The second-order valence-electron chi connectivity index (χ2n) is 4.61.